The first-order valence-electron chi connectivity index (χ1n) is 9.94. The van der Waals surface area contributed by atoms with Gasteiger partial charge < -0.3 is 10.1 Å². The summed E-state index contributed by atoms with van der Waals surface area (Å²) >= 11 is 0. The van der Waals surface area contributed by atoms with Crippen LogP contribution in [0.4, 0.5) is 0 Å². The molecule has 1 aliphatic heterocycles. The average molecular weight is 409 g/mol. The number of hydrogen-bond acceptors (Lipinski definition) is 5. The Kier molecular flexibility index (Phi) is 6.72. The van der Waals surface area contributed by atoms with E-state index in [2.05, 4.69) is 5.32 Å². The van der Waals surface area contributed by atoms with Crippen molar-refractivity contribution in [3.63, 3.8) is 0 Å². The average Bonchev–Trinajstić information content (AvgIpc) is 3.21. The highest BCUT2D eigenvalue weighted by atomic mass is 32.2. The maximum atomic E-state index is 12.7. The highest BCUT2D eigenvalue weighted by molar-refractivity contribution is 7.89. The van der Waals surface area contributed by atoms with Crippen LogP contribution in [0, 0.1) is 5.92 Å². The number of nitrogens with one attached hydrogen (secondary N) is 1. The van der Waals surface area contributed by atoms with Gasteiger partial charge in [0.2, 0.25) is 10.0 Å². The Morgan fingerprint density at radius 2 is 1.68 bits per heavy atom. The molecular formula is C20H28N2O5S. The van der Waals surface area contributed by atoms with Crippen molar-refractivity contribution < 1.29 is 22.7 Å². The van der Waals surface area contributed by atoms with Gasteiger partial charge in [0.1, 0.15) is 0 Å². The number of sulfonamides is 1. The van der Waals surface area contributed by atoms with Gasteiger partial charge in [-0.3, -0.25) is 9.59 Å². The van der Waals surface area contributed by atoms with Crippen molar-refractivity contribution in [2.24, 2.45) is 5.92 Å². The van der Waals surface area contributed by atoms with Crippen molar-refractivity contribution in [1.82, 2.24) is 9.62 Å². The summed E-state index contributed by atoms with van der Waals surface area (Å²) in [6, 6.07) is 8.47. The van der Waals surface area contributed by atoms with Gasteiger partial charge >= 0.3 is 5.97 Å². The minimum absolute atomic E-state index is 0.181. The molecule has 1 aromatic rings. The smallest absolute Gasteiger partial charge is 0.309 e. The van der Waals surface area contributed by atoms with Crippen molar-refractivity contribution in [1.29, 1.82) is 0 Å². The monoisotopic (exact) mass is 408 g/mol. The molecule has 2 aliphatic rings. The molecule has 1 atom stereocenters. The summed E-state index contributed by atoms with van der Waals surface area (Å²) in [5.41, 5.74) is 0. The third-order valence-electron chi connectivity index (χ3n) is 5.53. The molecule has 0 unspecified atom stereocenters. The Labute approximate surface area is 166 Å². The molecule has 1 amide bonds. The molecule has 2 fully saturated rings. The van der Waals surface area contributed by atoms with Crippen LogP contribution in [0.25, 0.3) is 0 Å². The number of rotatable bonds is 6. The summed E-state index contributed by atoms with van der Waals surface area (Å²) in [4.78, 5) is 24.8. The Balaban J connectivity index is 1.49. The summed E-state index contributed by atoms with van der Waals surface area (Å²) in [5, 5.41) is 2.93. The Bertz CT molecular complexity index is 782. The van der Waals surface area contributed by atoms with Crippen molar-refractivity contribution in [3.05, 3.63) is 30.3 Å². The molecular weight excluding hydrogens is 380 g/mol. The fourth-order valence-electron chi connectivity index (χ4n) is 3.79. The predicted octanol–water partition coefficient (Wildman–Crippen LogP) is 2.08. The molecule has 0 spiro atoms. The maximum Gasteiger partial charge on any atom is 0.309 e. The molecule has 8 heteroatoms. The molecule has 7 nitrogen and oxygen atoms in total. The lowest BCUT2D eigenvalue weighted by molar-refractivity contribution is -0.160. The topological polar surface area (TPSA) is 92.8 Å². The lowest BCUT2D eigenvalue weighted by Gasteiger charge is -2.30. The summed E-state index contributed by atoms with van der Waals surface area (Å²) in [5.74, 6) is -1.07. The van der Waals surface area contributed by atoms with E-state index >= 15 is 0 Å². The second-order valence-corrected chi connectivity index (χ2v) is 9.50. The largest absolute Gasteiger partial charge is 0.452 e. The fraction of sp³-hybridized carbons (Fsp3) is 0.600. The van der Waals surface area contributed by atoms with Gasteiger partial charge in [0.15, 0.2) is 6.10 Å². The van der Waals surface area contributed by atoms with E-state index in [1.807, 2.05) is 0 Å². The van der Waals surface area contributed by atoms with E-state index in [1.165, 1.54) is 4.31 Å². The molecule has 1 heterocycles. The molecule has 1 aliphatic carbocycles. The first kappa shape index (κ1) is 20.8. The summed E-state index contributed by atoms with van der Waals surface area (Å²) in [6.45, 7) is 2.11. The first-order chi connectivity index (χ1) is 13.4. The molecule has 0 bridgehead atoms. The van der Waals surface area contributed by atoms with Gasteiger partial charge in [0, 0.05) is 19.1 Å². The predicted molar refractivity (Wildman–Crippen MR) is 104 cm³/mol. The van der Waals surface area contributed by atoms with Crippen LogP contribution in [-0.4, -0.2) is 49.8 Å². The molecule has 1 N–H and O–H groups in total. The molecule has 1 saturated carbocycles. The molecule has 28 heavy (non-hydrogen) atoms. The van der Waals surface area contributed by atoms with Crippen molar-refractivity contribution in [2.45, 2.75) is 62.5 Å². The number of hydrogen-bond donors (Lipinski definition) is 1. The van der Waals surface area contributed by atoms with E-state index in [-0.39, 0.29) is 35.9 Å². The summed E-state index contributed by atoms with van der Waals surface area (Å²) in [6.07, 6.45) is 4.12. The van der Waals surface area contributed by atoms with Gasteiger partial charge in [0.25, 0.3) is 5.91 Å². The van der Waals surface area contributed by atoms with E-state index in [0.29, 0.717) is 12.8 Å². The minimum Gasteiger partial charge on any atom is -0.452 e. The van der Waals surface area contributed by atoms with Crippen LogP contribution in [0.15, 0.2) is 35.2 Å². The zero-order valence-electron chi connectivity index (χ0n) is 16.2. The van der Waals surface area contributed by atoms with Crippen molar-refractivity contribution in [3.8, 4) is 0 Å². The van der Waals surface area contributed by atoms with E-state index < -0.39 is 22.1 Å². The van der Waals surface area contributed by atoms with Crippen LogP contribution in [0.5, 0.6) is 0 Å². The van der Waals surface area contributed by atoms with E-state index in [4.69, 9.17) is 4.74 Å². The maximum absolute atomic E-state index is 12.7. The number of benzene rings is 1. The van der Waals surface area contributed by atoms with Gasteiger partial charge in [-0.05, 0) is 44.7 Å². The number of nitrogens with zero attached hydrogens (tertiary/aromatic N) is 1. The quantitative estimate of drug-likeness (QED) is 0.728. The second-order valence-electron chi connectivity index (χ2n) is 7.56. The molecule has 1 saturated heterocycles. The fourth-order valence-corrected chi connectivity index (χ4v) is 5.28. The SMILES string of the molecule is C[C@@H](OC(=O)C1CCN(S(=O)(=O)c2ccccc2)CC1)C(=O)NC1CCCC1. The van der Waals surface area contributed by atoms with Gasteiger partial charge in [-0.15, -0.1) is 0 Å². The normalized spacial score (nSPS) is 20.6. The van der Waals surface area contributed by atoms with Gasteiger partial charge in [0.05, 0.1) is 10.8 Å². The number of carbonyl (C=O) groups excluding carboxylic acids is 2. The number of carbonyl (C=O) groups is 2. The Morgan fingerprint density at radius 1 is 1.07 bits per heavy atom. The molecule has 3 rings (SSSR count). The molecule has 0 radical (unpaired) electrons. The lowest BCUT2D eigenvalue weighted by atomic mass is 9.98. The first-order valence-corrected chi connectivity index (χ1v) is 11.4. The van der Waals surface area contributed by atoms with Crippen LogP contribution in [-0.2, 0) is 24.3 Å². The second kappa shape index (κ2) is 9.05. The minimum atomic E-state index is -3.54. The summed E-state index contributed by atoms with van der Waals surface area (Å²) in [7, 11) is -3.54. The van der Waals surface area contributed by atoms with Crippen molar-refractivity contribution in [2.75, 3.05) is 13.1 Å². The van der Waals surface area contributed by atoms with Gasteiger partial charge in [-0.2, -0.15) is 4.31 Å². The third-order valence-corrected chi connectivity index (χ3v) is 7.44. The van der Waals surface area contributed by atoms with Crippen molar-refractivity contribution >= 4 is 21.9 Å². The number of ether oxygens (including phenoxy) is 1. The third kappa shape index (κ3) is 4.91. The van der Waals surface area contributed by atoms with Crippen LogP contribution in [0.2, 0.25) is 0 Å². The lowest BCUT2D eigenvalue weighted by Crippen LogP contribution is -2.43. The van der Waals surface area contributed by atoms with E-state index in [1.54, 1.807) is 37.3 Å². The van der Waals surface area contributed by atoms with Crippen LogP contribution in [0.3, 0.4) is 0 Å². The highest BCUT2D eigenvalue weighted by Gasteiger charge is 2.34. The van der Waals surface area contributed by atoms with E-state index in [0.717, 1.165) is 25.7 Å². The van der Waals surface area contributed by atoms with E-state index in [9.17, 15) is 18.0 Å². The Morgan fingerprint density at radius 3 is 2.29 bits per heavy atom. The zero-order valence-corrected chi connectivity index (χ0v) is 17.0. The molecule has 1 aromatic carbocycles. The Hall–Kier alpha value is -1.93. The standard InChI is InChI=1S/C20H28N2O5S/c1-15(19(23)21-17-7-5-6-8-17)27-20(24)16-11-13-22(14-12-16)28(25,26)18-9-3-2-4-10-18/h2-4,9-10,15-17H,5-8,11-14H2,1H3,(H,21,23)/t15-/m1/s1. The number of piperidine rings is 1. The van der Waals surface area contributed by atoms with Crippen LogP contribution in [0.1, 0.15) is 45.4 Å². The zero-order chi connectivity index (χ0) is 20.1. The molecule has 0 aromatic heterocycles. The van der Waals surface area contributed by atoms with Crippen LogP contribution < -0.4 is 5.32 Å². The van der Waals surface area contributed by atoms with Gasteiger partial charge in [-0.25, -0.2) is 8.42 Å². The number of esters is 1. The molecule has 154 valence electrons. The van der Waals surface area contributed by atoms with Gasteiger partial charge in [-0.1, -0.05) is 31.0 Å². The van der Waals surface area contributed by atoms with Crippen LogP contribution >= 0.6 is 0 Å². The highest BCUT2D eigenvalue weighted by Crippen LogP contribution is 2.25. The number of amides is 1. The summed E-state index contributed by atoms with van der Waals surface area (Å²) < 4.78 is 32.1.